The van der Waals surface area contributed by atoms with E-state index in [-0.39, 0.29) is 5.91 Å². The Hall–Kier alpha value is -2.23. The molecule has 0 saturated carbocycles. The van der Waals surface area contributed by atoms with Gasteiger partial charge in [-0.2, -0.15) is 0 Å². The SMILES string of the molecule is Cc1cc(C(=O)Nc2c(C)cccc2N)c(C)o1. The summed E-state index contributed by atoms with van der Waals surface area (Å²) in [6.45, 7) is 5.48. The average Bonchev–Trinajstić information content (AvgIpc) is 2.63. The van der Waals surface area contributed by atoms with Gasteiger partial charge in [-0.05, 0) is 38.5 Å². The van der Waals surface area contributed by atoms with Crippen LogP contribution in [0.15, 0.2) is 28.7 Å². The number of benzene rings is 1. The van der Waals surface area contributed by atoms with Gasteiger partial charge in [-0.15, -0.1) is 0 Å². The highest BCUT2D eigenvalue weighted by molar-refractivity contribution is 6.06. The van der Waals surface area contributed by atoms with Crippen molar-refractivity contribution < 1.29 is 9.21 Å². The highest BCUT2D eigenvalue weighted by atomic mass is 16.3. The number of nitrogens with two attached hydrogens (primary N) is 1. The molecule has 2 rings (SSSR count). The number of anilines is 2. The fraction of sp³-hybridized carbons (Fsp3) is 0.214. The van der Waals surface area contributed by atoms with E-state index in [1.54, 1.807) is 19.1 Å². The lowest BCUT2D eigenvalue weighted by Crippen LogP contribution is -2.14. The first-order valence-electron chi connectivity index (χ1n) is 5.72. The van der Waals surface area contributed by atoms with Crippen LogP contribution in [-0.2, 0) is 0 Å². The maximum Gasteiger partial charge on any atom is 0.259 e. The van der Waals surface area contributed by atoms with E-state index >= 15 is 0 Å². The molecule has 94 valence electrons. The Morgan fingerprint density at radius 1 is 1.28 bits per heavy atom. The number of amides is 1. The highest BCUT2D eigenvalue weighted by Gasteiger charge is 2.15. The molecule has 0 aliphatic rings. The first-order valence-corrected chi connectivity index (χ1v) is 5.72. The van der Waals surface area contributed by atoms with Crippen LogP contribution in [-0.4, -0.2) is 5.91 Å². The van der Waals surface area contributed by atoms with E-state index in [1.165, 1.54) is 0 Å². The molecule has 1 aromatic carbocycles. The molecule has 1 heterocycles. The fourth-order valence-electron chi connectivity index (χ4n) is 1.90. The second-order valence-corrected chi connectivity index (χ2v) is 4.32. The second kappa shape index (κ2) is 4.56. The van der Waals surface area contributed by atoms with Crippen molar-refractivity contribution in [3.8, 4) is 0 Å². The number of furan rings is 1. The van der Waals surface area contributed by atoms with E-state index < -0.39 is 0 Å². The standard InChI is InChI=1S/C14H16N2O2/c1-8-5-4-6-12(15)13(8)16-14(17)11-7-9(2)18-10(11)3/h4-7H,15H2,1-3H3,(H,16,17). The summed E-state index contributed by atoms with van der Waals surface area (Å²) < 4.78 is 5.34. The topological polar surface area (TPSA) is 68.3 Å². The van der Waals surface area contributed by atoms with Crippen LogP contribution in [0.1, 0.15) is 27.4 Å². The summed E-state index contributed by atoms with van der Waals surface area (Å²) in [7, 11) is 0. The molecule has 3 N–H and O–H groups in total. The van der Waals surface area contributed by atoms with E-state index in [0.29, 0.717) is 22.7 Å². The molecule has 0 bridgehead atoms. The van der Waals surface area contributed by atoms with Crippen LogP contribution < -0.4 is 11.1 Å². The van der Waals surface area contributed by atoms with Gasteiger partial charge >= 0.3 is 0 Å². The first kappa shape index (κ1) is 12.2. The number of hydrogen-bond donors (Lipinski definition) is 2. The molecule has 18 heavy (non-hydrogen) atoms. The molecule has 0 aliphatic heterocycles. The number of carbonyl (C=O) groups is 1. The minimum absolute atomic E-state index is 0.203. The average molecular weight is 244 g/mol. The molecule has 1 aromatic heterocycles. The third-order valence-corrected chi connectivity index (χ3v) is 2.83. The lowest BCUT2D eigenvalue weighted by Gasteiger charge is -2.10. The molecule has 0 unspecified atom stereocenters. The molecular formula is C14H16N2O2. The second-order valence-electron chi connectivity index (χ2n) is 4.32. The van der Waals surface area contributed by atoms with Gasteiger partial charge in [0.05, 0.1) is 16.9 Å². The Morgan fingerprint density at radius 2 is 2.00 bits per heavy atom. The van der Waals surface area contributed by atoms with Gasteiger partial charge in [0.1, 0.15) is 11.5 Å². The molecule has 2 aromatic rings. The smallest absolute Gasteiger partial charge is 0.259 e. The minimum atomic E-state index is -0.203. The van der Waals surface area contributed by atoms with Crippen molar-refractivity contribution >= 4 is 17.3 Å². The van der Waals surface area contributed by atoms with Crippen LogP contribution in [0.2, 0.25) is 0 Å². The molecule has 0 spiro atoms. The van der Waals surface area contributed by atoms with Gasteiger partial charge in [-0.1, -0.05) is 12.1 Å². The molecule has 1 amide bonds. The van der Waals surface area contributed by atoms with E-state index in [0.717, 1.165) is 11.3 Å². The Morgan fingerprint density at radius 3 is 2.56 bits per heavy atom. The predicted molar refractivity (Wildman–Crippen MR) is 71.7 cm³/mol. The van der Waals surface area contributed by atoms with Gasteiger partial charge in [-0.3, -0.25) is 4.79 Å². The van der Waals surface area contributed by atoms with Gasteiger partial charge in [0.25, 0.3) is 5.91 Å². The Labute approximate surface area is 106 Å². The number of aryl methyl sites for hydroxylation is 3. The number of nitrogen functional groups attached to an aromatic ring is 1. The van der Waals surface area contributed by atoms with Gasteiger partial charge in [-0.25, -0.2) is 0 Å². The van der Waals surface area contributed by atoms with Gasteiger partial charge in [0.2, 0.25) is 0 Å². The maximum atomic E-state index is 12.1. The van der Waals surface area contributed by atoms with Crippen LogP contribution in [0.25, 0.3) is 0 Å². The molecular weight excluding hydrogens is 228 g/mol. The van der Waals surface area contributed by atoms with Crippen molar-refractivity contribution in [2.24, 2.45) is 0 Å². The van der Waals surface area contributed by atoms with Crippen LogP contribution >= 0.6 is 0 Å². The predicted octanol–water partition coefficient (Wildman–Crippen LogP) is 3.04. The van der Waals surface area contributed by atoms with Crippen molar-refractivity contribution in [3.63, 3.8) is 0 Å². The van der Waals surface area contributed by atoms with Crippen molar-refractivity contribution in [3.05, 3.63) is 46.9 Å². The molecule has 0 atom stereocenters. The summed E-state index contributed by atoms with van der Waals surface area (Å²) >= 11 is 0. The van der Waals surface area contributed by atoms with Crippen LogP contribution in [0.4, 0.5) is 11.4 Å². The van der Waals surface area contributed by atoms with E-state index in [4.69, 9.17) is 10.2 Å². The molecule has 0 aliphatic carbocycles. The summed E-state index contributed by atoms with van der Waals surface area (Å²) in [5, 5.41) is 2.82. The molecule has 0 fully saturated rings. The summed E-state index contributed by atoms with van der Waals surface area (Å²) in [6.07, 6.45) is 0. The van der Waals surface area contributed by atoms with Gasteiger partial charge < -0.3 is 15.5 Å². The Balaban J connectivity index is 2.30. The lowest BCUT2D eigenvalue weighted by molar-refractivity contribution is 0.102. The largest absolute Gasteiger partial charge is 0.466 e. The number of para-hydroxylation sites is 1. The number of hydrogen-bond acceptors (Lipinski definition) is 3. The summed E-state index contributed by atoms with van der Waals surface area (Å²) in [5.74, 6) is 1.12. The zero-order valence-electron chi connectivity index (χ0n) is 10.7. The monoisotopic (exact) mass is 244 g/mol. The van der Waals surface area contributed by atoms with Crippen molar-refractivity contribution in [2.75, 3.05) is 11.1 Å². The van der Waals surface area contributed by atoms with Crippen LogP contribution in [0, 0.1) is 20.8 Å². The minimum Gasteiger partial charge on any atom is -0.466 e. The van der Waals surface area contributed by atoms with E-state index in [2.05, 4.69) is 5.32 Å². The van der Waals surface area contributed by atoms with Crippen molar-refractivity contribution in [1.29, 1.82) is 0 Å². The highest BCUT2D eigenvalue weighted by Crippen LogP contribution is 2.24. The lowest BCUT2D eigenvalue weighted by atomic mass is 10.1. The van der Waals surface area contributed by atoms with E-state index in [9.17, 15) is 4.79 Å². The Kier molecular flexibility index (Phi) is 3.10. The summed E-state index contributed by atoms with van der Waals surface area (Å²) in [4.78, 5) is 12.1. The van der Waals surface area contributed by atoms with Crippen LogP contribution in [0.3, 0.4) is 0 Å². The normalized spacial score (nSPS) is 10.4. The quantitative estimate of drug-likeness (QED) is 0.798. The van der Waals surface area contributed by atoms with Gasteiger partial charge in [0, 0.05) is 0 Å². The first-order chi connectivity index (χ1) is 8.49. The van der Waals surface area contributed by atoms with Crippen LogP contribution in [0.5, 0.6) is 0 Å². The van der Waals surface area contributed by atoms with E-state index in [1.807, 2.05) is 26.0 Å². The molecule has 0 saturated heterocycles. The number of rotatable bonds is 2. The Bertz CT molecular complexity index is 580. The summed E-state index contributed by atoms with van der Waals surface area (Å²) in [6, 6.07) is 7.24. The van der Waals surface area contributed by atoms with Gasteiger partial charge in [0.15, 0.2) is 0 Å². The summed E-state index contributed by atoms with van der Waals surface area (Å²) in [5.41, 5.74) is 8.53. The fourth-order valence-corrected chi connectivity index (χ4v) is 1.90. The van der Waals surface area contributed by atoms with Crippen molar-refractivity contribution in [2.45, 2.75) is 20.8 Å². The zero-order valence-corrected chi connectivity index (χ0v) is 10.7. The molecule has 4 nitrogen and oxygen atoms in total. The number of carbonyl (C=O) groups excluding carboxylic acids is 1. The number of nitrogens with one attached hydrogen (secondary N) is 1. The third-order valence-electron chi connectivity index (χ3n) is 2.83. The zero-order chi connectivity index (χ0) is 13.3. The molecule has 4 heteroatoms. The third kappa shape index (κ3) is 2.22. The van der Waals surface area contributed by atoms with Crippen molar-refractivity contribution in [1.82, 2.24) is 0 Å². The molecule has 0 radical (unpaired) electrons. The maximum absolute atomic E-state index is 12.1.